The quantitative estimate of drug-likeness (QED) is 0.640. The van der Waals surface area contributed by atoms with Crippen LogP contribution in [0.15, 0.2) is 30.5 Å². The van der Waals surface area contributed by atoms with E-state index >= 15 is 0 Å². The summed E-state index contributed by atoms with van der Waals surface area (Å²) in [6.45, 7) is 3.19. The van der Waals surface area contributed by atoms with E-state index < -0.39 is 12.2 Å². The lowest BCUT2D eigenvalue weighted by molar-refractivity contribution is 0.176. The Labute approximate surface area is 117 Å². The number of aromatic nitrogens is 1. The summed E-state index contributed by atoms with van der Waals surface area (Å²) in [6, 6.07) is 7.16. The Bertz CT molecular complexity index is 610. The lowest BCUT2D eigenvalue weighted by Crippen LogP contribution is -2.11. The van der Waals surface area contributed by atoms with E-state index in [0.29, 0.717) is 33.8 Å². The zero-order valence-electron chi connectivity index (χ0n) is 11.5. The number of rotatable bonds is 3. The average molecular weight is 273 g/mol. The van der Waals surface area contributed by atoms with Crippen LogP contribution >= 0.6 is 0 Å². The summed E-state index contributed by atoms with van der Waals surface area (Å²) in [5.74, 6) is 0. The Morgan fingerprint density at radius 2 is 1.70 bits per heavy atom. The second-order valence-corrected chi connectivity index (χ2v) is 4.82. The Balaban J connectivity index is 2.74. The highest BCUT2D eigenvalue weighted by Gasteiger charge is 2.22. The van der Waals surface area contributed by atoms with Gasteiger partial charge in [0.25, 0.3) is 0 Å². The molecule has 0 spiro atoms. The molecule has 1 aromatic carbocycles. The van der Waals surface area contributed by atoms with E-state index in [1.807, 2.05) is 18.2 Å². The van der Waals surface area contributed by atoms with Gasteiger partial charge in [-0.25, -0.2) is 0 Å². The summed E-state index contributed by atoms with van der Waals surface area (Å²) in [6.07, 6.45) is 0.0283. The van der Waals surface area contributed by atoms with Crippen molar-refractivity contribution < 1.29 is 10.2 Å². The molecule has 0 radical (unpaired) electrons. The van der Waals surface area contributed by atoms with Crippen molar-refractivity contribution in [2.75, 3.05) is 11.5 Å². The highest BCUT2D eigenvalue weighted by Crippen LogP contribution is 2.39. The molecule has 2 aromatic rings. The molecule has 2 rings (SSSR count). The lowest BCUT2D eigenvalue weighted by Gasteiger charge is -2.21. The molecule has 1 aromatic heterocycles. The molecule has 106 valence electrons. The molecule has 6 N–H and O–H groups in total. The Kier molecular flexibility index (Phi) is 3.92. The molecule has 5 heteroatoms. The topological polar surface area (TPSA) is 105 Å². The van der Waals surface area contributed by atoms with Crippen LogP contribution in [0.25, 0.3) is 11.3 Å². The van der Waals surface area contributed by atoms with E-state index in [0.717, 1.165) is 0 Å². The van der Waals surface area contributed by atoms with Crippen molar-refractivity contribution >= 4 is 11.4 Å². The van der Waals surface area contributed by atoms with E-state index in [-0.39, 0.29) is 0 Å². The third-order valence-electron chi connectivity index (χ3n) is 3.26. The minimum absolute atomic E-state index is 0.392. The van der Waals surface area contributed by atoms with Crippen LogP contribution in [0.5, 0.6) is 0 Å². The zero-order valence-corrected chi connectivity index (χ0v) is 11.5. The van der Waals surface area contributed by atoms with Crippen molar-refractivity contribution in [3.8, 4) is 11.3 Å². The molecule has 0 aliphatic rings. The second-order valence-electron chi connectivity index (χ2n) is 4.82. The van der Waals surface area contributed by atoms with Crippen LogP contribution in [-0.2, 0) is 0 Å². The van der Waals surface area contributed by atoms with E-state index in [2.05, 4.69) is 4.98 Å². The monoisotopic (exact) mass is 273 g/mol. The van der Waals surface area contributed by atoms with Gasteiger partial charge in [-0.3, -0.25) is 4.98 Å². The van der Waals surface area contributed by atoms with Gasteiger partial charge in [0, 0.05) is 34.3 Å². The van der Waals surface area contributed by atoms with Crippen molar-refractivity contribution in [2.45, 2.75) is 26.1 Å². The largest absolute Gasteiger partial charge is 0.398 e. The number of pyridine rings is 1. The fourth-order valence-corrected chi connectivity index (χ4v) is 2.41. The molecular formula is C15H19N3O2. The van der Waals surface area contributed by atoms with Crippen molar-refractivity contribution in [1.82, 2.24) is 4.98 Å². The van der Waals surface area contributed by atoms with Crippen LogP contribution < -0.4 is 11.5 Å². The molecule has 0 fully saturated rings. The molecule has 0 amide bonds. The summed E-state index contributed by atoms with van der Waals surface area (Å²) in [4.78, 5) is 4.25. The third kappa shape index (κ3) is 2.45. The van der Waals surface area contributed by atoms with Crippen LogP contribution in [0.4, 0.5) is 11.4 Å². The molecule has 20 heavy (non-hydrogen) atoms. The number of hydrogen-bond donors (Lipinski definition) is 4. The van der Waals surface area contributed by atoms with E-state index in [4.69, 9.17) is 11.5 Å². The summed E-state index contributed by atoms with van der Waals surface area (Å²) in [5.41, 5.74) is 15.2. The number of nitrogen functional groups attached to an aromatic ring is 2. The van der Waals surface area contributed by atoms with Crippen molar-refractivity contribution in [3.63, 3.8) is 0 Å². The van der Waals surface area contributed by atoms with Gasteiger partial charge < -0.3 is 21.7 Å². The maximum atomic E-state index is 9.96. The van der Waals surface area contributed by atoms with Gasteiger partial charge in [-0.15, -0.1) is 0 Å². The zero-order chi connectivity index (χ0) is 14.9. The molecule has 2 unspecified atom stereocenters. The number of nitrogens with zero attached hydrogens (tertiary/aromatic N) is 1. The van der Waals surface area contributed by atoms with E-state index in [1.165, 1.54) is 0 Å². The first kappa shape index (κ1) is 14.3. The normalized spacial score (nSPS) is 14.0. The van der Waals surface area contributed by atoms with Crippen LogP contribution in [-0.4, -0.2) is 15.2 Å². The molecule has 0 bridgehead atoms. The maximum Gasteiger partial charge on any atom is 0.0786 e. The average Bonchev–Trinajstić information content (AvgIpc) is 2.40. The molecule has 0 aliphatic carbocycles. The van der Waals surface area contributed by atoms with Crippen molar-refractivity contribution in [3.05, 3.63) is 41.6 Å². The van der Waals surface area contributed by atoms with Crippen molar-refractivity contribution in [2.24, 2.45) is 0 Å². The minimum atomic E-state index is -0.828. The van der Waals surface area contributed by atoms with Gasteiger partial charge >= 0.3 is 0 Å². The second kappa shape index (κ2) is 5.48. The summed E-state index contributed by atoms with van der Waals surface area (Å²) in [5, 5.41) is 19.8. The Morgan fingerprint density at radius 3 is 2.20 bits per heavy atom. The molecule has 5 nitrogen and oxygen atoms in total. The molecule has 1 heterocycles. The van der Waals surface area contributed by atoms with E-state index in [9.17, 15) is 10.2 Å². The van der Waals surface area contributed by atoms with Crippen LogP contribution in [0.3, 0.4) is 0 Å². The SMILES string of the molecule is CC(O)c1c(N)cc(-c2ccccn2)c(N)c1C(C)O. The fourth-order valence-electron chi connectivity index (χ4n) is 2.41. The van der Waals surface area contributed by atoms with Gasteiger partial charge in [0.1, 0.15) is 0 Å². The molecular weight excluding hydrogens is 254 g/mol. The minimum Gasteiger partial charge on any atom is -0.398 e. The van der Waals surface area contributed by atoms with Gasteiger partial charge in [0.2, 0.25) is 0 Å². The fraction of sp³-hybridized carbons (Fsp3) is 0.267. The van der Waals surface area contributed by atoms with Crippen molar-refractivity contribution in [1.29, 1.82) is 0 Å². The number of benzene rings is 1. The first-order valence-corrected chi connectivity index (χ1v) is 6.42. The van der Waals surface area contributed by atoms with Gasteiger partial charge in [-0.2, -0.15) is 0 Å². The summed E-state index contributed by atoms with van der Waals surface area (Å²) in [7, 11) is 0. The number of hydrogen-bond acceptors (Lipinski definition) is 5. The van der Waals surface area contributed by atoms with Gasteiger partial charge in [0.15, 0.2) is 0 Å². The number of anilines is 2. The number of aliphatic hydroxyl groups excluding tert-OH is 2. The predicted molar refractivity (Wildman–Crippen MR) is 79.8 cm³/mol. The van der Waals surface area contributed by atoms with Crippen LogP contribution in [0.2, 0.25) is 0 Å². The first-order valence-electron chi connectivity index (χ1n) is 6.42. The highest BCUT2D eigenvalue weighted by atomic mass is 16.3. The van der Waals surface area contributed by atoms with Crippen LogP contribution in [0, 0.1) is 0 Å². The maximum absolute atomic E-state index is 9.96. The van der Waals surface area contributed by atoms with Gasteiger partial charge in [-0.1, -0.05) is 6.07 Å². The molecule has 0 aliphatic heterocycles. The Hall–Kier alpha value is -2.11. The number of nitrogens with two attached hydrogens (primary N) is 2. The molecule has 0 saturated carbocycles. The number of aliphatic hydroxyl groups is 2. The lowest BCUT2D eigenvalue weighted by atomic mass is 9.91. The smallest absolute Gasteiger partial charge is 0.0786 e. The van der Waals surface area contributed by atoms with E-state index in [1.54, 1.807) is 26.1 Å². The summed E-state index contributed by atoms with van der Waals surface area (Å²) < 4.78 is 0. The molecule has 2 atom stereocenters. The van der Waals surface area contributed by atoms with Crippen LogP contribution in [0.1, 0.15) is 37.2 Å². The summed E-state index contributed by atoms with van der Waals surface area (Å²) >= 11 is 0. The Morgan fingerprint density at radius 1 is 1.05 bits per heavy atom. The predicted octanol–water partition coefficient (Wildman–Crippen LogP) is 2.02. The molecule has 0 saturated heterocycles. The van der Waals surface area contributed by atoms with Gasteiger partial charge in [-0.05, 0) is 32.0 Å². The van der Waals surface area contributed by atoms with Gasteiger partial charge in [0.05, 0.1) is 17.9 Å². The standard InChI is InChI=1S/C15H19N3O2/c1-8(19)13-11(16)7-10(12-5-3-4-6-18-12)15(17)14(13)9(2)20/h3-9,19-20H,16-17H2,1-2H3. The third-order valence-corrected chi connectivity index (χ3v) is 3.26. The first-order chi connectivity index (χ1) is 9.43. The highest BCUT2D eigenvalue weighted by molar-refractivity contribution is 5.82.